The molecule has 6 nitrogen and oxygen atoms in total. The van der Waals surface area contributed by atoms with Crippen LogP contribution in [0.2, 0.25) is 0 Å². The van der Waals surface area contributed by atoms with Crippen LogP contribution in [0.1, 0.15) is 28.9 Å². The minimum atomic E-state index is -0.00527. The fraction of sp³-hybridized carbons (Fsp3) is 0.571. The van der Waals surface area contributed by atoms with Crippen LogP contribution < -0.4 is 16.4 Å². The van der Waals surface area contributed by atoms with Gasteiger partial charge in [-0.15, -0.1) is 0 Å². The van der Waals surface area contributed by atoms with E-state index in [2.05, 4.69) is 16.0 Å². The van der Waals surface area contributed by atoms with Gasteiger partial charge >= 0.3 is 0 Å². The Kier molecular flexibility index (Phi) is 4.12. The molecule has 114 valence electrons. The van der Waals surface area contributed by atoms with Gasteiger partial charge in [0.25, 0.3) is 5.91 Å². The van der Waals surface area contributed by atoms with Crippen molar-refractivity contribution in [2.45, 2.75) is 25.3 Å². The summed E-state index contributed by atoms with van der Waals surface area (Å²) in [5.41, 5.74) is 11.9. The summed E-state index contributed by atoms with van der Waals surface area (Å²) >= 11 is 1.40. The third-order valence-electron chi connectivity index (χ3n) is 3.99. The molecule has 2 aliphatic rings. The molecule has 1 fully saturated rings. The molecule has 1 aromatic heterocycles. The Hall–Kier alpha value is -1.60. The molecular weight excluding hydrogens is 286 g/mol. The number of piperidine rings is 1. The van der Waals surface area contributed by atoms with Crippen LogP contribution in [-0.2, 0) is 0 Å². The molecular formula is C14H21N5OS. The zero-order chi connectivity index (χ0) is 14.8. The lowest BCUT2D eigenvalue weighted by molar-refractivity contribution is 0.0776. The van der Waals surface area contributed by atoms with E-state index in [0.717, 1.165) is 44.0 Å². The van der Waals surface area contributed by atoms with Crippen LogP contribution in [0.15, 0.2) is 12.2 Å². The minimum absolute atomic E-state index is 0.00527. The standard InChI is InChI=1S/C14H21N5OS/c15-10-4-8-19(9-5-10)14-17-12(16)11(21-14)13(20)18-6-2-1-3-7-18/h1-2,10H,3-9,15-16H2. The molecule has 1 amide bonds. The largest absolute Gasteiger partial charge is 0.382 e. The number of nitrogens with two attached hydrogens (primary N) is 2. The van der Waals surface area contributed by atoms with E-state index in [1.165, 1.54) is 11.3 Å². The van der Waals surface area contributed by atoms with Crippen LogP contribution in [-0.4, -0.2) is 48.0 Å². The summed E-state index contributed by atoms with van der Waals surface area (Å²) in [5, 5.41) is 0.843. The van der Waals surface area contributed by atoms with Gasteiger partial charge in [0.2, 0.25) is 0 Å². The van der Waals surface area contributed by atoms with Crippen LogP contribution in [0, 0.1) is 0 Å². The number of amides is 1. The highest BCUT2D eigenvalue weighted by Crippen LogP contribution is 2.31. The lowest BCUT2D eigenvalue weighted by atomic mass is 10.1. The van der Waals surface area contributed by atoms with Gasteiger partial charge in [0.15, 0.2) is 5.13 Å². The van der Waals surface area contributed by atoms with Crippen molar-refractivity contribution < 1.29 is 4.79 Å². The normalized spacial score (nSPS) is 20.0. The summed E-state index contributed by atoms with van der Waals surface area (Å²) < 4.78 is 0. The van der Waals surface area contributed by atoms with E-state index in [9.17, 15) is 4.79 Å². The van der Waals surface area contributed by atoms with E-state index in [1.54, 1.807) is 0 Å². The topological polar surface area (TPSA) is 88.5 Å². The lowest BCUT2D eigenvalue weighted by Crippen LogP contribution is -2.39. The van der Waals surface area contributed by atoms with Crippen LogP contribution >= 0.6 is 11.3 Å². The van der Waals surface area contributed by atoms with Gasteiger partial charge in [0.05, 0.1) is 0 Å². The van der Waals surface area contributed by atoms with Crippen molar-refractivity contribution in [3.8, 4) is 0 Å². The Labute approximate surface area is 128 Å². The van der Waals surface area contributed by atoms with E-state index in [4.69, 9.17) is 11.5 Å². The molecule has 3 rings (SSSR count). The van der Waals surface area contributed by atoms with Gasteiger partial charge in [-0.3, -0.25) is 4.79 Å². The number of thiazole rings is 1. The van der Waals surface area contributed by atoms with Crippen molar-refractivity contribution in [2.24, 2.45) is 5.73 Å². The van der Waals surface area contributed by atoms with E-state index in [1.807, 2.05) is 11.0 Å². The molecule has 0 aromatic carbocycles. The molecule has 3 heterocycles. The Morgan fingerprint density at radius 1 is 1.29 bits per heavy atom. The van der Waals surface area contributed by atoms with E-state index in [-0.39, 0.29) is 11.9 Å². The summed E-state index contributed by atoms with van der Waals surface area (Å²) in [4.78, 5) is 21.5. The van der Waals surface area contributed by atoms with E-state index < -0.39 is 0 Å². The highest BCUT2D eigenvalue weighted by molar-refractivity contribution is 7.18. The third kappa shape index (κ3) is 3.03. The number of carbonyl (C=O) groups is 1. The molecule has 0 aliphatic carbocycles. The summed E-state index contributed by atoms with van der Waals surface area (Å²) in [6, 6.07) is 0.278. The van der Waals surface area contributed by atoms with Crippen LogP contribution in [0.4, 0.5) is 10.9 Å². The van der Waals surface area contributed by atoms with Crippen molar-refractivity contribution in [1.29, 1.82) is 0 Å². The van der Waals surface area contributed by atoms with Crippen molar-refractivity contribution in [3.63, 3.8) is 0 Å². The fourth-order valence-electron chi connectivity index (χ4n) is 2.67. The minimum Gasteiger partial charge on any atom is -0.382 e. The zero-order valence-corrected chi connectivity index (χ0v) is 12.8. The Morgan fingerprint density at radius 2 is 2.05 bits per heavy atom. The van der Waals surface area contributed by atoms with Crippen molar-refractivity contribution >= 4 is 28.2 Å². The number of anilines is 2. The molecule has 0 unspecified atom stereocenters. The SMILES string of the molecule is Nc1nc(N2CCC(N)CC2)sc1C(=O)N1CC=CCC1. The molecule has 0 radical (unpaired) electrons. The highest BCUT2D eigenvalue weighted by atomic mass is 32.1. The monoisotopic (exact) mass is 307 g/mol. The van der Waals surface area contributed by atoms with Gasteiger partial charge < -0.3 is 21.3 Å². The first-order valence-electron chi connectivity index (χ1n) is 7.36. The van der Waals surface area contributed by atoms with Crippen molar-refractivity contribution in [2.75, 3.05) is 36.8 Å². The lowest BCUT2D eigenvalue weighted by Gasteiger charge is -2.29. The second kappa shape index (κ2) is 6.03. The highest BCUT2D eigenvalue weighted by Gasteiger charge is 2.25. The smallest absolute Gasteiger partial charge is 0.268 e. The van der Waals surface area contributed by atoms with Gasteiger partial charge in [-0.1, -0.05) is 23.5 Å². The molecule has 21 heavy (non-hydrogen) atoms. The summed E-state index contributed by atoms with van der Waals surface area (Å²) in [5.74, 6) is 0.346. The Bertz CT molecular complexity index is 548. The van der Waals surface area contributed by atoms with Gasteiger partial charge in [0, 0.05) is 32.2 Å². The molecule has 7 heteroatoms. The molecule has 4 N–H and O–H groups in total. The van der Waals surface area contributed by atoms with Crippen LogP contribution in [0.5, 0.6) is 0 Å². The number of carbonyl (C=O) groups excluding carboxylic acids is 1. The molecule has 0 saturated carbocycles. The molecule has 2 aliphatic heterocycles. The summed E-state index contributed by atoms with van der Waals surface area (Å²) in [7, 11) is 0. The first-order chi connectivity index (χ1) is 10.1. The summed E-state index contributed by atoms with van der Waals surface area (Å²) in [6.07, 6.45) is 6.94. The molecule has 0 atom stereocenters. The maximum absolute atomic E-state index is 12.5. The third-order valence-corrected chi connectivity index (χ3v) is 5.11. The molecule has 0 spiro atoms. The number of hydrogen-bond acceptors (Lipinski definition) is 6. The second-order valence-electron chi connectivity index (χ2n) is 5.55. The maximum atomic E-state index is 12.5. The maximum Gasteiger partial charge on any atom is 0.268 e. The van der Waals surface area contributed by atoms with Gasteiger partial charge in [-0.25, -0.2) is 4.98 Å². The molecule has 0 bridgehead atoms. The van der Waals surface area contributed by atoms with Gasteiger partial charge in [-0.05, 0) is 19.3 Å². The van der Waals surface area contributed by atoms with E-state index >= 15 is 0 Å². The number of nitrogen functional groups attached to an aromatic ring is 1. The Balaban J connectivity index is 1.74. The van der Waals surface area contributed by atoms with Gasteiger partial charge in [-0.2, -0.15) is 0 Å². The van der Waals surface area contributed by atoms with Crippen molar-refractivity contribution in [3.05, 3.63) is 17.0 Å². The molecule has 1 saturated heterocycles. The summed E-state index contributed by atoms with van der Waals surface area (Å²) in [6.45, 7) is 3.17. The van der Waals surface area contributed by atoms with Crippen LogP contribution in [0.3, 0.4) is 0 Å². The average Bonchev–Trinajstić information content (AvgIpc) is 2.90. The average molecular weight is 307 g/mol. The fourth-order valence-corrected chi connectivity index (χ4v) is 3.67. The number of nitrogens with zero attached hydrogens (tertiary/aromatic N) is 3. The zero-order valence-electron chi connectivity index (χ0n) is 12.0. The first kappa shape index (κ1) is 14.3. The second-order valence-corrected chi connectivity index (χ2v) is 6.52. The number of hydrogen-bond donors (Lipinski definition) is 2. The Morgan fingerprint density at radius 3 is 2.71 bits per heavy atom. The first-order valence-corrected chi connectivity index (χ1v) is 8.18. The van der Waals surface area contributed by atoms with Crippen LogP contribution in [0.25, 0.3) is 0 Å². The quantitative estimate of drug-likeness (QED) is 0.798. The van der Waals surface area contributed by atoms with Gasteiger partial charge in [0.1, 0.15) is 10.7 Å². The molecule has 1 aromatic rings. The predicted molar refractivity (Wildman–Crippen MR) is 85.6 cm³/mol. The van der Waals surface area contributed by atoms with E-state index in [0.29, 0.717) is 17.2 Å². The predicted octanol–water partition coefficient (Wildman–Crippen LogP) is 1.05. The van der Waals surface area contributed by atoms with Crippen molar-refractivity contribution in [1.82, 2.24) is 9.88 Å². The number of aromatic nitrogens is 1. The number of rotatable bonds is 2.